The molecule has 0 aliphatic carbocycles. The largest absolute Gasteiger partial charge is 0.444 e. The molecule has 0 bridgehead atoms. The van der Waals surface area contributed by atoms with Crippen molar-refractivity contribution in [2.24, 2.45) is 10.8 Å². The number of hydrogen-bond donors (Lipinski definition) is 6. The number of hydrogen-bond acceptors (Lipinski definition) is 10. The summed E-state index contributed by atoms with van der Waals surface area (Å²) >= 11 is 0. The van der Waals surface area contributed by atoms with Gasteiger partial charge < -0.3 is 46.4 Å². The lowest BCUT2D eigenvalue weighted by atomic mass is 10.1. The Labute approximate surface area is 363 Å². The number of fused-ring (bicyclic) bond motifs is 1. The Hall–Kier alpha value is -6.04. The second kappa shape index (κ2) is 27.0. The van der Waals surface area contributed by atoms with Crippen LogP contribution in [0.3, 0.4) is 0 Å². The van der Waals surface area contributed by atoms with E-state index < -0.39 is 47.2 Å². The Kier molecular flexibility index (Phi) is 22.7. The molecule has 0 fully saturated rings. The number of H-pyrrole nitrogens is 1. The van der Waals surface area contributed by atoms with E-state index in [0.717, 1.165) is 16.5 Å². The van der Waals surface area contributed by atoms with Crippen LogP contribution in [0.25, 0.3) is 21.3 Å². The minimum absolute atomic E-state index is 0.0132. The Morgan fingerprint density at radius 1 is 0.758 bits per heavy atom. The van der Waals surface area contributed by atoms with Crippen LogP contribution < -0.4 is 27.0 Å². The lowest BCUT2D eigenvalue weighted by Gasteiger charge is -2.27. The van der Waals surface area contributed by atoms with E-state index in [-0.39, 0.29) is 57.3 Å². The molecular weight excluding hydrogens is 803 g/mol. The van der Waals surface area contributed by atoms with Crippen LogP contribution in [0.15, 0.2) is 35.6 Å². The molecule has 0 saturated heterocycles. The molecule has 0 spiro atoms. The van der Waals surface area contributed by atoms with Gasteiger partial charge in [-0.3, -0.25) is 28.9 Å². The van der Waals surface area contributed by atoms with Gasteiger partial charge in [0.05, 0.1) is 12.8 Å². The van der Waals surface area contributed by atoms with Gasteiger partial charge in [0.25, 0.3) is 0 Å². The zero-order valence-corrected chi connectivity index (χ0v) is 37.2. The minimum atomic E-state index is -1.12. The second-order valence-electron chi connectivity index (χ2n) is 16.9. The van der Waals surface area contributed by atoms with Gasteiger partial charge >= 0.3 is 12.2 Å². The van der Waals surface area contributed by atoms with E-state index in [2.05, 4.69) is 36.3 Å². The molecule has 7 N–H and O–H groups in total. The number of amides is 7. The molecule has 1 aromatic heterocycles. The van der Waals surface area contributed by atoms with Gasteiger partial charge in [0.2, 0.25) is 29.5 Å². The molecule has 20 nitrogen and oxygen atoms in total. The van der Waals surface area contributed by atoms with Crippen molar-refractivity contribution in [1.29, 1.82) is 0 Å². The van der Waals surface area contributed by atoms with Crippen molar-refractivity contribution in [3.63, 3.8) is 0 Å². The fraction of sp³-hybridized carbons (Fsp3) is 0.643. The van der Waals surface area contributed by atoms with Crippen molar-refractivity contribution in [1.82, 2.24) is 36.1 Å². The summed E-state index contributed by atoms with van der Waals surface area (Å²) in [6, 6.07) is 6.40. The lowest BCUT2D eigenvalue weighted by Crippen LogP contribution is -2.49. The summed E-state index contributed by atoms with van der Waals surface area (Å²) in [5, 5.41) is 15.4. The summed E-state index contributed by atoms with van der Waals surface area (Å²) < 4.78 is 11.0. The number of nitrogens with one attached hydrogen (secondary N) is 5. The van der Waals surface area contributed by atoms with E-state index in [1.807, 2.05) is 24.3 Å². The highest BCUT2D eigenvalue weighted by atomic mass is 16.6. The molecule has 1 aromatic carbocycles. The van der Waals surface area contributed by atoms with Gasteiger partial charge in [0.1, 0.15) is 23.8 Å². The molecule has 0 saturated carbocycles. The maximum atomic E-state index is 13.0. The number of nitrogens with two attached hydrogens (primary N) is 1. The fourth-order valence-corrected chi connectivity index (χ4v) is 6.02. The van der Waals surface area contributed by atoms with Gasteiger partial charge in [0.15, 0.2) is 0 Å². The highest BCUT2D eigenvalue weighted by molar-refractivity contribution is 5.94. The smallest absolute Gasteiger partial charge is 0.410 e. The fourth-order valence-electron chi connectivity index (χ4n) is 6.02. The third kappa shape index (κ3) is 22.5. The Morgan fingerprint density at radius 2 is 1.34 bits per heavy atom. The van der Waals surface area contributed by atoms with Crippen molar-refractivity contribution in [3.8, 4) is 0 Å². The first-order valence-electron chi connectivity index (χ1n) is 21.2. The average Bonchev–Trinajstić information content (AvgIpc) is 3.58. The zero-order valence-electron chi connectivity index (χ0n) is 37.2. The zero-order chi connectivity index (χ0) is 46.1. The average molecular weight is 870 g/mol. The third-order valence-electron chi connectivity index (χ3n) is 8.98. The molecule has 344 valence electrons. The monoisotopic (exact) mass is 870 g/mol. The van der Waals surface area contributed by atoms with Crippen LogP contribution in [-0.4, -0.2) is 126 Å². The van der Waals surface area contributed by atoms with Crippen LogP contribution in [0.2, 0.25) is 0 Å². The summed E-state index contributed by atoms with van der Waals surface area (Å²) in [6.07, 6.45) is 4.23. The molecule has 0 unspecified atom stereocenters. The van der Waals surface area contributed by atoms with Gasteiger partial charge in [-0.15, -0.1) is 0 Å². The van der Waals surface area contributed by atoms with Crippen molar-refractivity contribution in [2.75, 3.05) is 52.4 Å². The predicted octanol–water partition coefficient (Wildman–Crippen LogP) is 4.32. The number of carbonyl (C=O) groups is 7. The molecule has 1 atom stereocenters. The Bertz CT molecular complexity index is 1830. The Morgan fingerprint density at radius 3 is 1.98 bits per heavy atom. The van der Waals surface area contributed by atoms with Gasteiger partial charge in [-0.1, -0.05) is 23.3 Å². The highest BCUT2D eigenvalue weighted by Gasteiger charge is 2.26. The van der Waals surface area contributed by atoms with E-state index in [1.54, 1.807) is 47.7 Å². The number of aromatic amines is 1. The topological polar surface area (TPSA) is 283 Å². The van der Waals surface area contributed by atoms with E-state index in [9.17, 15) is 33.6 Å². The highest BCUT2D eigenvalue weighted by Crippen LogP contribution is 2.18. The number of unbranched alkanes of at least 4 members (excludes halogenated alkanes) is 4. The van der Waals surface area contributed by atoms with Crippen molar-refractivity contribution >= 4 is 52.6 Å². The first-order valence-corrected chi connectivity index (χ1v) is 21.2. The first-order chi connectivity index (χ1) is 29.3. The normalized spacial score (nSPS) is 11.7. The Balaban J connectivity index is 1.74. The molecule has 20 heteroatoms. The van der Waals surface area contributed by atoms with Crippen molar-refractivity contribution in [2.45, 2.75) is 123 Å². The third-order valence-corrected chi connectivity index (χ3v) is 8.98. The van der Waals surface area contributed by atoms with Crippen LogP contribution in [0.5, 0.6) is 0 Å². The predicted molar refractivity (Wildman–Crippen MR) is 233 cm³/mol. The first kappa shape index (κ1) is 52.1. The minimum Gasteiger partial charge on any atom is -0.444 e. The number of benzene rings is 1. The number of azide groups is 1. The van der Waals surface area contributed by atoms with E-state index in [4.69, 9.17) is 20.7 Å². The molecule has 2 aromatic rings. The summed E-state index contributed by atoms with van der Waals surface area (Å²) in [6.45, 7) is 12.2. The molecule has 0 aliphatic rings. The van der Waals surface area contributed by atoms with Crippen LogP contribution in [-0.2, 0) is 39.9 Å². The van der Waals surface area contributed by atoms with Crippen LogP contribution in [0, 0.1) is 0 Å². The van der Waals surface area contributed by atoms with E-state index in [1.165, 1.54) is 9.80 Å². The van der Waals surface area contributed by atoms with Gasteiger partial charge in [-0.05, 0) is 104 Å². The molecule has 2 rings (SSSR count). The summed E-state index contributed by atoms with van der Waals surface area (Å²) in [5.41, 5.74) is 14.0. The van der Waals surface area contributed by atoms with Crippen LogP contribution in [0.4, 0.5) is 9.59 Å². The molecule has 0 aliphatic heterocycles. The van der Waals surface area contributed by atoms with Gasteiger partial charge in [-0.2, -0.15) is 0 Å². The number of ether oxygens (including phenoxy) is 2. The van der Waals surface area contributed by atoms with Gasteiger partial charge in [0, 0.05) is 74.2 Å². The molecule has 1 heterocycles. The van der Waals surface area contributed by atoms with Crippen LogP contribution in [0.1, 0.15) is 105 Å². The SMILES string of the molecule is CC(C)(C)OC(=O)N(CCCCN=[N+]=[N-])CCC(=O)NCCCCN(CC(=O)NCCCCCNC(=O)[C@H](CC(N)=O)NC(=O)Cc1c[nH]c2ccccc12)C(=O)OC(C)(C)C. The summed E-state index contributed by atoms with van der Waals surface area (Å²) in [7, 11) is 0. The molecule has 0 radical (unpaired) electrons. The molecular formula is C42H67N11O9. The van der Waals surface area contributed by atoms with Crippen molar-refractivity contribution in [3.05, 3.63) is 46.5 Å². The van der Waals surface area contributed by atoms with E-state index in [0.29, 0.717) is 71.1 Å². The maximum absolute atomic E-state index is 13.0. The molecule has 62 heavy (non-hydrogen) atoms. The lowest BCUT2D eigenvalue weighted by molar-refractivity contribution is -0.131. The number of nitrogens with zero attached hydrogens (tertiary/aromatic N) is 5. The summed E-state index contributed by atoms with van der Waals surface area (Å²) in [4.78, 5) is 97.1. The van der Waals surface area contributed by atoms with Crippen molar-refractivity contribution < 1.29 is 43.0 Å². The number of carbonyl (C=O) groups excluding carboxylic acids is 7. The van der Waals surface area contributed by atoms with Gasteiger partial charge in [-0.25, -0.2) is 9.59 Å². The van der Waals surface area contributed by atoms with E-state index >= 15 is 0 Å². The quantitative estimate of drug-likeness (QED) is 0.0322. The molecule has 7 amide bonds. The number of para-hydroxylation sites is 1. The van der Waals surface area contributed by atoms with Crippen LogP contribution >= 0.6 is 0 Å². The standard InChI is InChI=1S/C42H67N11O9/c1-41(2,3)61-39(59)52(23-15-13-22-49-51-44)25-18-35(55)45-20-12-14-24-53(40(60)62-42(4,5)6)29-37(57)46-19-10-7-11-21-47-38(58)33(27-34(43)54)50-36(56)26-30-28-48-32-17-9-8-16-31(30)32/h8-9,16-17,28,33,48H,7,10-15,18-27,29H2,1-6H3,(H2,43,54)(H,45,55)(H,46,57)(H,47,58)(H,50,56)/t33-/m0/s1. The number of primary amides is 1. The summed E-state index contributed by atoms with van der Waals surface area (Å²) in [5.74, 6) is -2.31. The number of rotatable bonds is 27. The maximum Gasteiger partial charge on any atom is 0.410 e. The second-order valence-corrected chi connectivity index (χ2v) is 16.9. The number of aromatic nitrogens is 1.